The van der Waals surface area contributed by atoms with Gasteiger partial charge in [0.1, 0.15) is 0 Å². The van der Waals surface area contributed by atoms with E-state index in [0.717, 1.165) is 6.42 Å². The second kappa shape index (κ2) is 3.31. The van der Waals surface area contributed by atoms with Crippen molar-refractivity contribution in [3.63, 3.8) is 0 Å². The van der Waals surface area contributed by atoms with Crippen molar-refractivity contribution >= 4 is 5.78 Å². The van der Waals surface area contributed by atoms with Crippen LogP contribution in [-0.4, -0.2) is 16.9 Å². The Morgan fingerprint density at radius 2 is 1.60 bits per heavy atom. The summed E-state index contributed by atoms with van der Waals surface area (Å²) < 4.78 is 0. The molecule has 1 aliphatic carbocycles. The van der Waals surface area contributed by atoms with E-state index in [2.05, 4.69) is 33.0 Å². The minimum Gasteiger partial charge on any atom is -0.300 e. The van der Waals surface area contributed by atoms with Crippen LogP contribution in [0.25, 0.3) is 0 Å². The lowest BCUT2D eigenvalue weighted by Gasteiger charge is -2.32. The molecule has 1 saturated carbocycles. The fourth-order valence-electron chi connectivity index (χ4n) is 2.31. The van der Waals surface area contributed by atoms with E-state index in [0.29, 0.717) is 11.7 Å². The third kappa shape index (κ3) is 2.60. The smallest absolute Gasteiger partial charge is 0.158 e. The maximum atomic E-state index is 12.4. The van der Waals surface area contributed by atoms with Crippen LogP contribution in [0.5, 0.6) is 0 Å². The first-order chi connectivity index (χ1) is 6.49. The third-order valence-corrected chi connectivity index (χ3v) is 2.99. The highest BCUT2D eigenvalue weighted by atomic mass is 16.1. The SMILES string of the molecule is C[C@H]1C[C@]1(NC(C)(C)C)C(=O)C(C)(C)C. The van der Waals surface area contributed by atoms with E-state index in [1.165, 1.54) is 0 Å². The molecule has 15 heavy (non-hydrogen) atoms. The Bertz CT molecular complexity index is 269. The molecule has 0 amide bonds. The van der Waals surface area contributed by atoms with E-state index in [9.17, 15) is 4.79 Å². The number of carbonyl (C=O) groups is 1. The fraction of sp³-hybridized carbons (Fsp3) is 0.923. The van der Waals surface area contributed by atoms with Crippen molar-refractivity contribution in [2.24, 2.45) is 11.3 Å². The average molecular weight is 211 g/mol. The zero-order chi connectivity index (χ0) is 12.1. The van der Waals surface area contributed by atoms with E-state index in [1.807, 2.05) is 20.8 Å². The second-order valence-corrected chi connectivity index (χ2v) is 7.03. The Labute approximate surface area is 93.8 Å². The van der Waals surface area contributed by atoms with E-state index >= 15 is 0 Å². The number of hydrogen-bond donors (Lipinski definition) is 1. The molecule has 0 aromatic carbocycles. The highest BCUT2D eigenvalue weighted by molar-refractivity contribution is 5.96. The first kappa shape index (κ1) is 12.7. The van der Waals surface area contributed by atoms with Gasteiger partial charge >= 0.3 is 0 Å². The summed E-state index contributed by atoms with van der Waals surface area (Å²) in [6, 6.07) is 0. The largest absolute Gasteiger partial charge is 0.300 e. The van der Waals surface area contributed by atoms with Gasteiger partial charge in [-0.05, 0) is 33.1 Å². The summed E-state index contributed by atoms with van der Waals surface area (Å²) in [6.45, 7) is 14.5. The standard InChI is InChI=1S/C13H25NO/c1-9-8-13(9,14-12(5,6)7)10(15)11(2,3)4/h9,14H,8H2,1-7H3/t9-,13+/m0/s1. The van der Waals surface area contributed by atoms with Crippen molar-refractivity contribution in [3.8, 4) is 0 Å². The van der Waals surface area contributed by atoms with Crippen molar-refractivity contribution in [3.05, 3.63) is 0 Å². The molecule has 0 aliphatic heterocycles. The number of nitrogens with one attached hydrogen (secondary N) is 1. The van der Waals surface area contributed by atoms with Gasteiger partial charge in [-0.25, -0.2) is 0 Å². The highest BCUT2D eigenvalue weighted by Crippen LogP contribution is 2.48. The summed E-state index contributed by atoms with van der Waals surface area (Å²) >= 11 is 0. The number of rotatable bonds is 2. The van der Waals surface area contributed by atoms with Crippen LogP contribution in [0, 0.1) is 11.3 Å². The van der Waals surface area contributed by atoms with Crippen LogP contribution < -0.4 is 5.32 Å². The van der Waals surface area contributed by atoms with Gasteiger partial charge < -0.3 is 0 Å². The predicted molar refractivity (Wildman–Crippen MR) is 63.9 cm³/mol. The van der Waals surface area contributed by atoms with Gasteiger partial charge in [-0.15, -0.1) is 0 Å². The molecule has 88 valence electrons. The van der Waals surface area contributed by atoms with Crippen LogP contribution in [0.2, 0.25) is 0 Å². The summed E-state index contributed by atoms with van der Waals surface area (Å²) in [5, 5.41) is 3.51. The number of ketones is 1. The molecule has 0 saturated heterocycles. The summed E-state index contributed by atoms with van der Waals surface area (Å²) in [6.07, 6.45) is 0.986. The maximum absolute atomic E-state index is 12.4. The maximum Gasteiger partial charge on any atom is 0.158 e. The molecular formula is C13H25NO. The molecule has 1 N–H and O–H groups in total. The van der Waals surface area contributed by atoms with Crippen LogP contribution in [0.15, 0.2) is 0 Å². The van der Waals surface area contributed by atoms with E-state index in [-0.39, 0.29) is 16.5 Å². The fourth-order valence-corrected chi connectivity index (χ4v) is 2.31. The molecule has 0 heterocycles. The van der Waals surface area contributed by atoms with Gasteiger partial charge in [-0.1, -0.05) is 27.7 Å². The summed E-state index contributed by atoms with van der Waals surface area (Å²) in [5.41, 5.74) is -0.495. The lowest BCUT2D eigenvalue weighted by molar-refractivity contribution is -0.130. The van der Waals surface area contributed by atoms with Crippen LogP contribution in [0.3, 0.4) is 0 Å². The van der Waals surface area contributed by atoms with E-state index in [1.54, 1.807) is 0 Å². The molecule has 0 radical (unpaired) electrons. The molecule has 0 aromatic heterocycles. The average Bonchev–Trinajstić information content (AvgIpc) is 2.55. The molecule has 0 unspecified atom stereocenters. The van der Waals surface area contributed by atoms with E-state index < -0.39 is 0 Å². The monoisotopic (exact) mass is 211 g/mol. The molecule has 0 spiro atoms. The van der Waals surface area contributed by atoms with Crippen molar-refractivity contribution in [2.45, 2.75) is 66.0 Å². The molecule has 0 aromatic rings. The Morgan fingerprint density at radius 3 is 1.80 bits per heavy atom. The minimum atomic E-state index is -0.253. The molecule has 1 fully saturated rings. The number of Topliss-reactive ketones (excluding diaryl/α,β-unsaturated/α-hetero) is 1. The van der Waals surface area contributed by atoms with Gasteiger partial charge in [0.15, 0.2) is 5.78 Å². The van der Waals surface area contributed by atoms with Gasteiger partial charge in [-0.3, -0.25) is 10.1 Å². The molecular weight excluding hydrogens is 186 g/mol. The first-order valence-electron chi connectivity index (χ1n) is 5.83. The van der Waals surface area contributed by atoms with Crippen molar-refractivity contribution in [1.82, 2.24) is 5.32 Å². The lowest BCUT2D eigenvalue weighted by atomic mass is 9.83. The summed E-state index contributed by atoms with van der Waals surface area (Å²) in [5.74, 6) is 0.834. The zero-order valence-corrected chi connectivity index (χ0v) is 11.2. The Kier molecular flexibility index (Phi) is 2.80. The van der Waals surface area contributed by atoms with Gasteiger partial charge in [0.05, 0.1) is 5.54 Å². The molecule has 2 nitrogen and oxygen atoms in total. The van der Waals surface area contributed by atoms with Crippen molar-refractivity contribution < 1.29 is 4.79 Å². The lowest BCUT2D eigenvalue weighted by Crippen LogP contribution is -2.54. The molecule has 2 atom stereocenters. The minimum absolute atomic E-state index is 0.00563. The third-order valence-electron chi connectivity index (χ3n) is 2.99. The Balaban J connectivity index is 2.85. The molecule has 0 bridgehead atoms. The van der Waals surface area contributed by atoms with Gasteiger partial charge in [0.2, 0.25) is 0 Å². The molecule has 1 aliphatic rings. The van der Waals surface area contributed by atoms with Gasteiger partial charge in [0, 0.05) is 11.0 Å². The van der Waals surface area contributed by atoms with E-state index in [4.69, 9.17) is 0 Å². The quantitative estimate of drug-likeness (QED) is 0.761. The topological polar surface area (TPSA) is 29.1 Å². The Hall–Kier alpha value is -0.370. The van der Waals surface area contributed by atoms with Crippen molar-refractivity contribution in [1.29, 1.82) is 0 Å². The zero-order valence-electron chi connectivity index (χ0n) is 11.2. The normalized spacial score (nSPS) is 31.5. The highest BCUT2D eigenvalue weighted by Gasteiger charge is 2.60. The second-order valence-electron chi connectivity index (χ2n) is 7.03. The van der Waals surface area contributed by atoms with Gasteiger partial charge in [0.25, 0.3) is 0 Å². The number of hydrogen-bond acceptors (Lipinski definition) is 2. The van der Waals surface area contributed by atoms with Crippen LogP contribution >= 0.6 is 0 Å². The van der Waals surface area contributed by atoms with Crippen LogP contribution in [0.1, 0.15) is 54.9 Å². The van der Waals surface area contributed by atoms with Crippen LogP contribution in [0.4, 0.5) is 0 Å². The van der Waals surface area contributed by atoms with Crippen LogP contribution in [-0.2, 0) is 4.79 Å². The van der Waals surface area contributed by atoms with Crippen molar-refractivity contribution in [2.75, 3.05) is 0 Å². The summed E-state index contributed by atoms with van der Waals surface area (Å²) in [4.78, 5) is 12.4. The first-order valence-corrected chi connectivity index (χ1v) is 5.83. The number of carbonyl (C=O) groups excluding carboxylic acids is 1. The molecule has 1 rings (SSSR count). The molecule has 2 heteroatoms. The van der Waals surface area contributed by atoms with Gasteiger partial charge in [-0.2, -0.15) is 0 Å². The Morgan fingerprint density at radius 1 is 1.20 bits per heavy atom. The predicted octanol–water partition coefficient (Wildman–Crippen LogP) is 2.77. The summed E-state index contributed by atoms with van der Waals surface area (Å²) in [7, 11) is 0.